The number of hydrogen-bond donors (Lipinski definition) is 1. The predicted octanol–water partition coefficient (Wildman–Crippen LogP) is 2.28. The van der Waals surface area contributed by atoms with Crippen molar-refractivity contribution >= 4 is 5.91 Å². The third kappa shape index (κ3) is 2.74. The molecule has 1 saturated carbocycles. The summed E-state index contributed by atoms with van der Waals surface area (Å²) >= 11 is 0. The molecule has 2 aromatic rings. The number of carbonyl (C=O) groups is 1. The van der Waals surface area contributed by atoms with Crippen molar-refractivity contribution < 1.29 is 9.90 Å². The van der Waals surface area contributed by atoms with E-state index in [9.17, 15) is 9.90 Å². The molecule has 2 heterocycles. The van der Waals surface area contributed by atoms with Gasteiger partial charge in [-0.1, -0.05) is 25.5 Å². The average molecular weight is 340 g/mol. The first kappa shape index (κ1) is 16.3. The Kier molecular flexibility index (Phi) is 4.07. The van der Waals surface area contributed by atoms with Gasteiger partial charge in [-0.15, -0.1) is 0 Å². The molecule has 132 valence electrons. The van der Waals surface area contributed by atoms with Crippen LogP contribution in [0.5, 0.6) is 0 Å². The van der Waals surface area contributed by atoms with Crippen LogP contribution in [-0.4, -0.2) is 49.4 Å². The molecule has 1 aromatic heterocycles. The highest BCUT2D eigenvalue weighted by molar-refractivity contribution is 5.98. The maximum absolute atomic E-state index is 13.2. The third-order valence-corrected chi connectivity index (χ3v) is 6.02. The van der Waals surface area contributed by atoms with Crippen molar-refractivity contribution in [3.63, 3.8) is 0 Å². The second-order valence-electron chi connectivity index (χ2n) is 7.28. The summed E-state index contributed by atoms with van der Waals surface area (Å²) in [7, 11) is 0. The zero-order chi connectivity index (χ0) is 17.4. The van der Waals surface area contributed by atoms with E-state index in [1.54, 1.807) is 11.0 Å². The molecule has 1 aliphatic carbocycles. The summed E-state index contributed by atoms with van der Waals surface area (Å²) in [6, 6.07) is 7.49. The van der Waals surface area contributed by atoms with E-state index in [0.717, 1.165) is 37.9 Å². The summed E-state index contributed by atoms with van der Waals surface area (Å²) in [6.45, 7) is 3.42. The minimum absolute atomic E-state index is 0.0129. The zero-order valence-corrected chi connectivity index (χ0v) is 14.5. The second-order valence-corrected chi connectivity index (χ2v) is 7.28. The highest BCUT2D eigenvalue weighted by atomic mass is 16.3. The molecule has 0 radical (unpaired) electrons. The van der Waals surface area contributed by atoms with Crippen molar-refractivity contribution in [1.29, 1.82) is 0 Å². The van der Waals surface area contributed by atoms with Gasteiger partial charge in [0.2, 0.25) is 0 Å². The van der Waals surface area contributed by atoms with Crippen molar-refractivity contribution in [1.82, 2.24) is 19.7 Å². The summed E-state index contributed by atoms with van der Waals surface area (Å²) in [5.41, 5.74) is 0.751. The number of aliphatic hydroxyl groups is 1. The molecule has 6 heteroatoms. The van der Waals surface area contributed by atoms with Gasteiger partial charge in [0.1, 0.15) is 12.7 Å². The van der Waals surface area contributed by atoms with Crippen molar-refractivity contribution in [2.75, 3.05) is 13.1 Å². The molecule has 4 rings (SSSR count). The summed E-state index contributed by atoms with van der Waals surface area (Å²) < 4.78 is 1.62. The molecule has 0 unspecified atom stereocenters. The van der Waals surface area contributed by atoms with Gasteiger partial charge in [-0.25, -0.2) is 9.67 Å². The number of aromatic nitrogens is 3. The monoisotopic (exact) mass is 340 g/mol. The van der Waals surface area contributed by atoms with Gasteiger partial charge in [0.15, 0.2) is 0 Å². The minimum atomic E-state index is -0.622. The van der Waals surface area contributed by atoms with Gasteiger partial charge in [-0.05, 0) is 37.3 Å². The first-order valence-electron chi connectivity index (χ1n) is 9.08. The van der Waals surface area contributed by atoms with Crippen LogP contribution < -0.4 is 0 Å². The quantitative estimate of drug-likeness (QED) is 0.930. The van der Waals surface area contributed by atoms with Crippen LogP contribution in [0.15, 0.2) is 36.9 Å². The number of hydrogen-bond acceptors (Lipinski definition) is 4. The molecule has 1 amide bonds. The lowest BCUT2D eigenvalue weighted by molar-refractivity contribution is -0.0609. The smallest absolute Gasteiger partial charge is 0.256 e. The first-order chi connectivity index (χ1) is 12.1. The molecule has 1 aromatic carbocycles. The van der Waals surface area contributed by atoms with Gasteiger partial charge in [0.25, 0.3) is 5.91 Å². The van der Waals surface area contributed by atoms with Crippen LogP contribution in [0.1, 0.15) is 43.0 Å². The molecule has 0 bridgehead atoms. The number of para-hydroxylation sites is 1. The molecule has 1 N–H and O–H groups in total. The maximum atomic E-state index is 13.2. The minimum Gasteiger partial charge on any atom is -0.390 e. The van der Waals surface area contributed by atoms with Crippen molar-refractivity contribution in [3.8, 4) is 5.69 Å². The lowest BCUT2D eigenvalue weighted by atomic mass is 9.69. The molecule has 25 heavy (non-hydrogen) atoms. The maximum Gasteiger partial charge on any atom is 0.256 e. The lowest BCUT2D eigenvalue weighted by Gasteiger charge is -2.40. The fourth-order valence-electron chi connectivity index (χ4n) is 4.59. The number of benzene rings is 1. The van der Waals surface area contributed by atoms with Crippen LogP contribution in [0.4, 0.5) is 0 Å². The van der Waals surface area contributed by atoms with Crippen LogP contribution in [0.2, 0.25) is 0 Å². The molecule has 0 spiro atoms. The van der Waals surface area contributed by atoms with Crippen LogP contribution in [0, 0.1) is 11.8 Å². The Morgan fingerprint density at radius 2 is 2.20 bits per heavy atom. The van der Waals surface area contributed by atoms with Crippen molar-refractivity contribution in [2.24, 2.45) is 11.8 Å². The van der Waals surface area contributed by atoms with E-state index in [1.165, 1.54) is 6.33 Å². The van der Waals surface area contributed by atoms with E-state index >= 15 is 0 Å². The van der Waals surface area contributed by atoms with E-state index < -0.39 is 5.60 Å². The summed E-state index contributed by atoms with van der Waals surface area (Å²) in [6.07, 6.45) is 6.82. The Morgan fingerprint density at radius 1 is 1.36 bits per heavy atom. The Labute approximate surface area is 147 Å². The molecule has 1 saturated heterocycles. The predicted molar refractivity (Wildman–Crippen MR) is 93.3 cm³/mol. The van der Waals surface area contributed by atoms with E-state index in [1.807, 2.05) is 36.1 Å². The van der Waals surface area contributed by atoms with Gasteiger partial charge in [0.05, 0.1) is 16.9 Å². The van der Waals surface area contributed by atoms with Crippen molar-refractivity contribution in [2.45, 2.75) is 38.2 Å². The molecule has 6 nitrogen and oxygen atoms in total. The largest absolute Gasteiger partial charge is 0.390 e. The van der Waals surface area contributed by atoms with E-state index in [2.05, 4.69) is 10.1 Å². The van der Waals surface area contributed by atoms with Gasteiger partial charge in [0, 0.05) is 19.0 Å². The standard InChI is InChI=1S/C19H24N4O2/c1-2-19(25)9-5-6-14-10-22(11-16(14)19)18(24)15-7-3-4-8-17(15)23-13-20-12-21-23/h3-4,7-8,12-14,16,25H,2,5-6,9-11H2,1H3/t14-,16+,19-/m0/s1. The van der Waals surface area contributed by atoms with Crippen LogP contribution in [0.25, 0.3) is 5.69 Å². The van der Waals surface area contributed by atoms with Gasteiger partial charge < -0.3 is 10.0 Å². The van der Waals surface area contributed by atoms with Crippen LogP contribution in [0.3, 0.4) is 0 Å². The Bertz CT molecular complexity index is 761. The Balaban J connectivity index is 1.61. The molecular weight excluding hydrogens is 316 g/mol. The highest BCUT2D eigenvalue weighted by Crippen LogP contribution is 2.44. The molecular formula is C19H24N4O2. The SMILES string of the molecule is CC[C@]1(O)CCC[C@H]2CN(C(=O)c3ccccc3-n3cncn3)C[C@H]21. The summed E-state index contributed by atoms with van der Waals surface area (Å²) in [4.78, 5) is 19.1. The average Bonchev–Trinajstić information content (AvgIpc) is 3.31. The highest BCUT2D eigenvalue weighted by Gasteiger charge is 2.48. The number of carbonyl (C=O) groups excluding carboxylic acids is 1. The molecule has 2 aliphatic rings. The molecule has 2 fully saturated rings. The summed E-state index contributed by atoms with van der Waals surface area (Å²) in [5.74, 6) is 0.605. The van der Waals surface area contributed by atoms with Gasteiger partial charge in [-0.3, -0.25) is 4.79 Å². The molecule has 3 atom stereocenters. The summed E-state index contributed by atoms with van der Waals surface area (Å²) in [5, 5.41) is 15.1. The zero-order valence-electron chi connectivity index (χ0n) is 14.5. The van der Waals surface area contributed by atoms with Crippen molar-refractivity contribution in [3.05, 3.63) is 42.5 Å². The Hall–Kier alpha value is -2.21. The Morgan fingerprint density at radius 3 is 2.96 bits per heavy atom. The van der Waals surface area contributed by atoms with Gasteiger partial charge in [-0.2, -0.15) is 5.10 Å². The number of fused-ring (bicyclic) bond motifs is 1. The third-order valence-electron chi connectivity index (χ3n) is 6.02. The van der Waals surface area contributed by atoms with Crippen LogP contribution in [-0.2, 0) is 0 Å². The normalized spacial score (nSPS) is 28.8. The van der Waals surface area contributed by atoms with E-state index in [-0.39, 0.29) is 11.8 Å². The number of likely N-dealkylation sites (tertiary alicyclic amines) is 1. The van der Waals surface area contributed by atoms with E-state index in [4.69, 9.17) is 0 Å². The van der Waals surface area contributed by atoms with E-state index in [0.29, 0.717) is 18.0 Å². The lowest BCUT2D eigenvalue weighted by Crippen LogP contribution is -2.44. The second kappa shape index (κ2) is 6.26. The first-order valence-corrected chi connectivity index (χ1v) is 9.08. The number of amides is 1. The van der Waals surface area contributed by atoms with Crippen LogP contribution >= 0.6 is 0 Å². The number of nitrogens with zero attached hydrogens (tertiary/aromatic N) is 4. The topological polar surface area (TPSA) is 71.2 Å². The van der Waals surface area contributed by atoms with Gasteiger partial charge >= 0.3 is 0 Å². The fourth-order valence-corrected chi connectivity index (χ4v) is 4.59. The number of rotatable bonds is 3. The molecule has 1 aliphatic heterocycles. The fraction of sp³-hybridized carbons (Fsp3) is 0.526.